The van der Waals surface area contributed by atoms with Crippen molar-refractivity contribution in [1.82, 2.24) is 10.6 Å². The average molecular weight is 267 g/mol. The lowest BCUT2D eigenvalue weighted by molar-refractivity contribution is -0.129. The zero-order valence-corrected chi connectivity index (χ0v) is 10.9. The van der Waals surface area contributed by atoms with Gasteiger partial charge in [-0.15, -0.1) is 23.2 Å². The number of carbonyl (C=O) groups excluding carboxylic acids is 2. The molecule has 0 aromatic heterocycles. The Morgan fingerprint density at radius 1 is 1.31 bits per heavy atom. The Labute approximate surface area is 105 Å². The molecule has 0 spiro atoms. The molecule has 1 aliphatic rings. The third kappa shape index (κ3) is 2.80. The summed E-state index contributed by atoms with van der Waals surface area (Å²) in [5.74, 6) is -0.474. The summed E-state index contributed by atoms with van der Waals surface area (Å²) in [5, 5.41) is 5.19. The van der Waals surface area contributed by atoms with Crippen molar-refractivity contribution in [1.29, 1.82) is 0 Å². The van der Waals surface area contributed by atoms with Crippen LogP contribution in [0.3, 0.4) is 0 Å². The first kappa shape index (κ1) is 13.6. The number of hydrogen-bond acceptors (Lipinski definition) is 2. The van der Waals surface area contributed by atoms with Crippen LogP contribution in [0.25, 0.3) is 0 Å². The van der Waals surface area contributed by atoms with Gasteiger partial charge in [-0.05, 0) is 19.8 Å². The van der Waals surface area contributed by atoms with Crippen molar-refractivity contribution < 1.29 is 9.59 Å². The highest BCUT2D eigenvalue weighted by molar-refractivity contribution is 6.53. The van der Waals surface area contributed by atoms with Crippen LogP contribution in [0.1, 0.15) is 26.7 Å². The minimum absolute atomic E-state index is 0.0295. The van der Waals surface area contributed by atoms with Crippen molar-refractivity contribution in [2.45, 2.75) is 31.0 Å². The standard InChI is InChI=1S/C10H16Cl2N2O2/c1-3-4-13-7(15)5-14-8(16)9(2)6-10(9,11)12/h3-6H2,1-2H3,(H,13,15)(H,14,16). The summed E-state index contributed by atoms with van der Waals surface area (Å²) in [6, 6.07) is 0. The van der Waals surface area contributed by atoms with Crippen molar-refractivity contribution in [2.75, 3.05) is 13.1 Å². The number of hydrogen-bond donors (Lipinski definition) is 2. The van der Waals surface area contributed by atoms with Crippen molar-refractivity contribution in [3.63, 3.8) is 0 Å². The van der Waals surface area contributed by atoms with E-state index in [0.717, 1.165) is 6.42 Å². The average Bonchev–Trinajstić information content (AvgIpc) is 2.73. The fourth-order valence-corrected chi connectivity index (χ4v) is 2.03. The number of halogens is 2. The van der Waals surface area contributed by atoms with Crippen LogP contribution in [0.4, 0.5) is 0 Å². The van der Waals surface area contributed by atoms with Gasteiger partial charge >= 0.3 is 0 Å². The Morgan fingerprint density at radius 3 is 2.31 bits per heavy atom. The van der Waals surface area contributed by atoms with Crippen LogP contribution in [0.15, 0.2) is 0 Å². The fourth-order valence-electron chi connectivity index (χ4n) is 1.33. The van der Waals surface area contributed by atoms with Crippen molar-refractivity contribution in [2.24, 2.45) is 5.41 Å². The van der Waals surface area contributed by atoms with Crippen LogP contribution in [0.5, 0.6) is 0 Å². The maximum atomic E-state index is 11.7. The Morgan fingerprint density at radius 2 is 1.88 bits per heavy atom. The molecule has 4 nitrogen and oxygen atoms in total. The predicted octanol–water partition coefficient (Wildman–Crippen LogP) is 1.21. The summed E-state index contributed by atoms with van der Waals surface area (Å²) >= 11 is 11.7. The van der Waals surface area contributed by atoms with E-state index in [1.807, 2.05) is 6.92 Å². The Balaban J connectivity index is 2.29. The monoisotopic (exact) mass is 266 g/mol. The molecule has 1 rings (SSSR count). The van der Waals surface area contributed by atoms with Crippen LogP contribution >= 0.6 is 23.2 Å². The molecule has 0 aromatic carbocycles. The molecule has 0 radical (unpaired) electrons. The number of amides is 2. The largest absolute Gasteiger partial charge is 0.355 e. The molecule has 92 valence electrons. The van der Waals surface area contributed by atoms with E-state index in [0.29, 0.717) is 13.0 Å². The first-order valence-corrected chi connectivity index (χ1v) is 6.02. The highest BCUT2D eigenvalue weighted by Gasteiger charge is 2.67. The van der Waals surface area contributed by atoms with Gasteiger partial charge in [0.05, 0.1) is 12.0 Å². The molecular formula is C10H16Cl2N2O2. The van der Waals surface area contributed by atoms with Gasteiger partial charge in [0.25, 0.3) is 0 Å². The minimum atomic E-state index is -0.989. The number of rotatable bonds is 5. The van der Waals surface area contributed by atoms with Crippen molar-refractivity contribution in [3.05, 3.63) is 0 Å². The lowest BCUT2D eigenvalue weighted by atomic mass is 10.1. The molecule has 2 amide bonds. The summed E-state index contributed by atoms with van der Waals surface area (Å²) in [6.07, 6.45) is 1.29. The van der Waals surface area contributed by atoms with Gasteiger partial charge in [-0.3, -0.25) is 9.59 Å². The van der Waals surface area contributed by atoms with E-state index in [1.54, 1.807) is 6.92 Å². The van der Waals surface area contributed by atoms with Crippen LogP contribution in [-0.4, -0.2) is 29.2 Å². The second-order valence-corrected chi connectivity index (χ2v) is 5.73. The van der Waals surface area contributed by atoms with E-state index >= 15 is 0 Å². The molecular weight excluding hydrogens is 251 g/mol. The Hall–Kier alpha value is -0.480. The van der Waals surface area contributed by atoms with Crippen LogP contribution in [0, 0.1) is 5.41 Å². The molecule has 2 N–H and O–H groups in total. The van der Waals surface area contributed by atoms with Crippen LogP contribution in [-0.2, 0) is 9.59 Å². The maximum Gasteiger partial charge on any atom is 0.239 e. The molecule has 0 aliphatic heterocycles. The van der Waals surface area contributed by atoms with Crippen LogP contribution in [0.2, 0.25) is 0 Å². The summed E-state index contributed by atoms with van der Waals surface area (Å²) in [5.41, 5.74) is -0.763. The van der Waals surface area contributed by atoms with Gasteiger partial charge in [-0.2, -0.15) is 0 Å². The van der Waals surface area contributed by atoms with Crippen molar-refractivity contribution >= 4 is 35.0 Å². The van der Waals surface area contributed by atoms with E-state index in [9.17, 15) is 9.59 Å². The molecule has 0 aromatic rings. The summed E-state index contributed by atoms with van der Waals surface area (Å²) in [4.78, 5) is 22.9. The van der Waals surface area contributed by atoms with Gasteiger partial charge in [-0.1, -0.05) is 6.92 Å². The number of alkyl halides is 2. The molecule has 0 heterocycles. The van der Waals surface area contributed by atoms with E-state index < -0.39 is 9.75 Å². The van der Waals surface area contributed by atoms with Gasteiger partial charge in [0.15, 0.2) is 0 Å². The normalized spacial score (nSPS) is 26.0. The summed E-state index contributed by atoms with van der Waals surface area (Å²) in [6.45, 7) is 4.23. The summed E-state index contributed by atoms with van der Waals surface area (Å²) < 4.78 is -0.989. The van der Waals surface area contributed by atoms with Crippen molar-refractivity contribution in [3.8, 4) is 0 Å². The minimum Gasteiger partial charge on any atom is -0.355 e. The molecule has 1 atom stereocenters. The molecule has 1 saturated carbocycles. The predicted molar refractivity (Wildman–Crippen MR) is 63.5 cm³/mol. The quantitative estimate of drug-likeness (QED) is 0.736. The van der Waals surface area contributed by atoms with Crippen LogP contribution < -0.4 is 10.6 Å². The smallest absolute Gasteiger partial charge is 0.239 e. The molecule has 1 fully saturated rings. The zero-order chi connectivity index (χ0) is 12.4. The van der Waals surface area contributed by atoms with E-state index in [1.165, 1.54) is 0 Å². The molecule has 1 unspecified atom stereocenters. The topological polar surface area (TPSA) is 58.2 Å². The molecule has 1 aliphatic carbocycles. The third-order valence-electron chi connectivity index (χ3n) is 2.74. The second-order valence-electron chi connectivity index (χ2n) is 4.25. The van der Waals surface area contributed by atoms with Gasteiger partial charge in [0.2, 0.25) is 11.8 Å². The zero-order valence-electron chi connectivity index (χ0n) is 9.40. The number of nitrogens with one attached hydrogen (secondary N) is 2. The van der Waals surface area contributed by atoms with E-state index in [2.05, 4.69) is 10.6 Å². The number of carbonyl (C=O) groups is 2. The fraction of sp³-hybridized carbons (Fsp3) is 0.800. The summed E-state index contributed by atoms with van der Waals surface area (Å²) in [7, 11) is 0. The van der Waals surface area contributed by atoms with E-state index in [-0.39, 0.29) is 18.4 Å². The first-order valence-electron chi connectivity index (χ1n) is 5.26. The SMILES string of the molecule is CCCNC(=O)CNC(=O)C1(C)CC1(Cl)Cl. The highest BCUT2D eigenvalue weighted by atomic mass is 35.5. The molecule has 0 bridgehead atoms. The molecule has 16 heavy (non-hydrogen) atoms. The maximum absolute atomic E-state index is 11.7. The van der Waals surface area contributed by atoms with Gasteiger partial charge < -0.3 is 10.6 Å². The Bertz CT molecular complexity index is 307. The Kier molecular flexibility index (Phi) is 4.07. The molecule has 0 saturated heterocycles. The van der Waals surface area contributed by atoms with Gasteiger partial charge in [0.1, 0.15) is 4.33 Å². The molecule has 6 heteroatoms. The lowest BCUT2D eigenvalue weighted by Crippen LogP contribution is -2.41. The van der Waals surface area contributed by atoms with E-state index in [4.69, 9.17) is 23.2 Å². The second kappa shape index (κ2) is 4.80. The van der Waals surface area contributed by atoms with Gasteiger partial charge in [0, 0.05) is 6.54 Å². The first-order chi connectivity index (χ1) is 7.33. The third-order valence-corrected chi connectivity index (χ3v) is 3.84. The lowest BCUT2D eigenvalue weighted by Gasteiger charge is -2.12. The van der Waals surface area contributed by atoms with Gasteiger partial charge in [-0.25, -0.2) is 0 Å². The highest BCUT2D eigenvalue weighted by Crippen LogP contribution is 2.63.